The number of nitrogens with one attached hydrogen (secondary N) is 2. The summed E-state index contributed by atoms with van der Waals surface area (Å²) in [5, 5.41) is 12.3. The van der Waals surface area contributed by atoms with Crippen LogP contribution < -0.4 is 10.6 Å². The van der Waals surface area contributed by atoms with Crippen LogP contribution in [0, 0.1) is 5.92 Å². The molecular formula is C18H20N6O. The van der Waals surface area contributed by atoms with E-state index in [0.29, 0.717) is 5.82 Å². The van der Waals surface area contributed by atoms with E-state index in [1.807, 2.05) is 25.4 Å². The van der Waals surface area contributed by atoms with E-state index in [4.69, 9.17) is 0 Å². The quantitative estimate of drug-likeness (QED) is 0.764. The van der Waals surface area contributed by atoms with Gasteiger partial charge in [0.15, 0.2) is 0 Å². The number of amides is 1. The number of fused-ring (bicyclic) bond motifs is 1. The molecule has 128 valence electrons. The number of rotatable bonds is 3. The number of aromatic nitrogens is 4. The number of carbonyl (C=O) groups is 1. The molecule has 0 spiro atoms. The number of anilines is 1. The molecule has 0 bridgehead atoms. The third kappa shape index (κ3) is 3.36. The monoisotopic (exact) mass is 336 g/mol. The van der Waals surface area contributed by atoms with E-state index in [1.54, 1.807) is 23.3 Å². The van der Waals surface area contributed by atoms with Gasteiger partial charge in [0.25, 0.3) is 0 Å². The third-order valence-electron chi connectivity index (χ3n) is 4.52. The molecule has 2 N–H and O–H groups in total. The SMILES string of the molecule is Cn1cc(-c2cc3cc(NC(=O)[C@@H]4CCCNC4)ncc3cn2)cn1. The molecule has 0 aromatic carbocycles. The van der Waals surface area contributed by atoms with Gasteiger partial charge < -0.3 is 10.6 Å². The first-order valence-electron chi connectivity index (χ1n) is 8.45. The molecule has 7 heteroatoms. The molecule has 0 unspecified atom stereocenters. The first-order valence-corrected chi connectivity index (χ1v) is 8.45. The predicted octanol–water partition coefficient (Wildman–Crippen LogP) is 1.97. The van der Waals surface area contributed by atoms with Crippen LogP contribution in [-0.2, 0) is 11.8 Å². The number of aryl methyl sites for hydroxylation is 1. The topological polar surface area (TPSA) is 84.7 Å². The number of piperidine rings is 1. The first kappa shape index (κ1) is 15.7. The molecule has 0 radical (unpaired) electrons. The Morgan fingerprint density at radius 1 is 1.24 bits per heavy atom. The Hall–Kier alpha value is -2.80. The van der Waals surface area contributed by atoms with E-state index < -0.39 is 0 Å². The van der Waals surface area contributed by atoms with Gasteiger partial charge in [0.1, 0.15) is 5.82 Å². The van der Waals surface area contributed by atoms with Crippen molar-refractivity contribution < 1.29 is 4.79 Å². The average molecular weight is 336 g/mol. The van der Waals surface area contributed by atoms with Crippen molar-refractivity contribution in [1.82, 2.24) is 25.1 Å². The molecule has 3 aromatic heterocycles. The highest BCUT2D eigenvalue weighted by Crippen LogP contribution is 2.23. The van der Waals surface area contributed by atoms with Crippen molar-refractivity contribution in [3.05, 3.63) is 36.9 Å². The zero-order valence-electron chi connectivity index (χ0n) is 14.1. The summed E-state index contributed by atoms with van der Waals surface area (Å²) in [7, 11) is 1.88. The molecule has 0 aliphatic carbocycles. The van der Waals surface area contributed by atoms with Crippen molar-refractivity contribution in [2.45, 2.75) is 12.8 Å². The van der Waals surface area contributed by atoms with Crippen molar-refractivity contribution in [3.8, 4) is 11.3 Å². The van der Waals surface area contributed by atoms with Gasteiger partial charge >= 0.3 is 0 Å². The molecule has 1 aliphatic rings. The number of hydrogen-bond acceptors (Lipinski definition) is 5. The molecule has 4 heterocycles. The molecule has 1 aliphatic heterocycles. The highest BCUT2D eigenvalue weighted by molar-refractivity contribution is 5.94. The van der Waals surface area contributed by atoms with Crippen LogP contribution in [-0.4, -0.2) is 38.7 Å². The zero-order chi connectivity index (χ0) is 17.2. The van der Waals surface area contributed by atoms with Crippen molar-refractivity contribution in [2.24, 2.45) is 13.0 Å². The maximum Gasteiger partial charge on any atom is 0.229 e. The number of nitrogens with zero attached hydrogens (tertiary/aromatic N) is 4. The predicted molar refractivity (Wildman–Crippen MR) is 96.0 cm³/mol. The molecule has 4 rings (SSSR count). The molecular weight excluding hydrogens is 316 g/mol. The van der Waals surface area contributed by atoms with Gasteiger partial charge in [-0.3, -0.25) is 14.5 Å². The fourth-order valence-electron chi connectivity index (χ4n) is 3.12. The standard InChI is InChI=1S/C18H20N6O/c1-24-11-15(10-22-24)16-5-13-6-17(21-9-14(13)8-20-16)23-18(25)12-3-2-4-19-7-12/h5-6,8-12,19H,2-4,7H2,1H3,(H,21,23,25)/t12-/m1/s1. The highest BCUT2D eigenvalue weighted by Gasteiger charge is 2.21. The molecule has 3 aromatic rings. The van der Waals surface area contributed by atoms with Crippen LogP contribution in [0.2, 0.25) is 0 Å². The third-order valence-corrected chi connectivity index (χ3v) is 4.52. The lowest BCUT2D eigenvalue weighted by molar-refractivity contribution is -0.120. The van der Waals surface area contributed by atoms with E-state index in [0.717, 1.165) is 48.0 Å². The largest absolute Gasteiger partial charge is 0.316 e. The summed E-state index contributed by atoms with van der Waals surface area (Å²) in [5.41, 5.74) is 1.81. The van der Waals surface area contributed by atoms with Crippen LogP contribution in [0.15, 0.2) is 36.9 Å². The van der Waals surface area contributed by atoms with Crippen LogP contribution in [0.4, 0.5) is 5.82 Å². The van der Waals surface area contributed by atoms with Crippen molar-refractivity contribution in [1.29, 1.82) is 0 Å². The second-order valence-corrected chi connectivity index (χ2v) is 6.42. The number of hydrogen-bond donors (Lipinski definition) is 2. The smallest absolute Gasteiger partial charge is 0.229 e. The first-order chi connectivity index (χ1) is 12.2. The Labute approximate surface area is 145 Å². The number of carbonyl (C=O) groups excluding carboxylic acids is 1. The molecule has 0 saturated carbocycles. The average Bonchev–Trinajstić information content (AvgIpc) is 3.08. The normalized spacial score (nSPS) is 17.6. The minimum Gasteiger partial charge on any atom is -0.316 e. The zero-order valence-corrected chi connectivity index (χ0v) is 14.1. The Kier molecular flexibility index (Phi) is 4.15. The van der Waals surface area contributed by atoms with Crippen LogP contribution in [0.5, 0.6) is 0 Å². The highest BCUT2D eigenvalue weighted by atomic mass is 16.2. The van der Waals surface area contributed by atoms with Gasteiger partial charge in [-0.1, -0.05) is 0 Å². The second kappa shape index (κ2) is 6.60. The summed E-state index contributed by atoms with van der Waals surface area (Å²) in [5.74, 6) is 0.613. The molecule has 7 nitrogen and oxygen atoms in total. The van der Waals surface area contributed by atoms with Gasteiger partial charge in [0.2, 0.25) is 5.91 Å². The maximum atomic E-state index is 12.4. The van der Waals surface area contributed by atoms with E-state index in [2.05, 4.69) is 25.7 Å². The summed E-state index contributed by atoms with van der Waals surface area (Å²) in [6.45, 7) is 1.72. The minimum atomic E-state index is 0.00893. The summed E-state index contributed by atoms with van der Waals surface area (Å²) < 4.78 is 1.75. The Morgan fingerprint density at radius 3 is 2.88 bits per heavy atom. The Morgan fingerprint density at radius 2 is 2.12 bits per heavy atom. The summed E-state index contributed by atoms with van der Waals surface area (Å²) in [4.78, 5) is 21.2. The van der Waals surface area contributed by atoms with Crippen LogP contribution >= 0.6 is 0 Å². The summed E-state index contributed by atoms with van der Waals surface area (Å²) >= 11 is 0. The van der Waals surface area contributed by atoms with Gasteiger partial charge in [-0.15, -0.1) is 0 Å². The van der Waals surface area contributed by atoms with Gasteiger partial charge in [0.05, 0.1) is 17.8 Å². The lowest BCUT2D eigenvalue weighted by atomic mass is 9.99. The van der Waals surface area contributed by atoms with E-state index in [9.17, 15) is 4.79 Å². The van der Waals surface area contributed by atoms with Crippen molar-refractivity contribution in [2.75, 3.05) is 18.4 Å². The van der Waals surface area contributed by atoms with Gasteiger partial charge in [-0.2, -0.15) is 5.10 Å². The van der Waals surface area contributed by atoms with Crippen molar-refractivity contribution in [3.63, 3.8) is 0 Å². The summed E-state index contributed by atoms with van der Waals surface area (Å²) in [6, 6.07) is 3.89. The van der Waals surface area contributed by atoms with Crippen LogP contribution in [0.3, 0.4) is 0 Å². The lowest BCUT2D eigenvalue weighted by Crippen LogP contribution is -2.37. The Bertz CT molecular complexity index is 913. The minimum absolute atomic E-state index is 0.00893. The lowest BCUT2D eigenvalue weighted by Gasteiger charge is -2.21. The summed E-state index contributed by atoms with van der Waals surface area (Å²) in [6.07, 6.45) is 9.19. The van der Waals surface area contributed by atoms with Gasteiger partial charge in [-0.25, -0.2) is 4.98 Å². The van der Waals surface area contributed by atoms with E-state index >= 15 is 0 Å². The number of pyridine rings is 2. The second-order valence-electron chi connectivity index (χ2n) is 6.42. The molecule has 25 heavy (non-hydrogen) atoms. The van der Waals surface area contributed by atoms with Crippen molar-refractivity contribution >= 4 is 22.5 Å². The van der Waals surface area contributed by atoms with Crippen LogP contribution in [0.25, 0.3) is 22.0 Å². The molecule has 1 saturated heterocycles. The fourth-order valence-corrected chi connectivity index (χ4v) is 3.12. The van der Waals surface area contributed by atoms with E-state index in [1.165, 1.54) is 0 Å². The van der Waals surface area contributed by atoms with Gasteiger partial charge in [0, 0.05) is 43.1 Å². The Balaban J connectivity index is 1.59. The van der Waals surface area contributed by atoms with E-state index in [-0.39, 0.29) is 11.8 Å². The molecule has 1 amide bonds. The maximum absolute atomic E-state index is 12.4. The van der Waals surface area contributed by atoms with Gasteiger partial charge in [-0.05, 0) is 36.9 Å². The fraction of sp³-hybridized carbons (Fsp3) is 0.333. The molecule has 1 atom stereocenters. The molecule has 1 fully saturated rings. The van der Waals surface area contributed by atoms with Crippen LogP contribution in [0.1, 0.15) is 12.8 Å².